The van der Waals surface area contributed by atoms with Crippen molar-refractivity contribution in [3.63, 3.8) is 0 Å². The fraction of sp³-hybridized carbons (Fsp3) is 0.533. The van der Waals surface area contributed by atoms with Crippen LogP contribution < -0.4 is 10.5 Å². The molecule has 0 bridgehead atoms. The molecule has 1 aromatic carbocycles. The number of ether oxygens (including phenoxy) is 1. The van der Waals surface area contributed by atoms with Crippen LogP contribution >= 0.6 is 0 Å². The lowest BCUT2D eigenvalue weighted by Crippen LogP contribution is -2.68. The molecule has 1 aliphatic rings. The largest absolute Gasteiger partial charge is 0.497 e. The standard InChI is InChI=1S/C15H22N2O2/c1-3-7-15(16)10-17(11-15)14(18)9-12-5-4-6-13(8-12)19-2/h4-6,8H,3,7,9-11,16H2,1-2H3. The Hall–Kier alpha value is -1.55. The Kier molecular flexibility index (Phi) is 4.10. The summed E-state index contributed by atoms with van der Waals surface area (Å²) in [7, 11) is 1.63. The average Bonchev–Trinajstić information content (AvgIpc) is 2.36. The molecule has 2 N–H and O–H groups in total. The van der Waals surface area contributed by atoms with Crippen molar-refractivity contribution >= 4 is 5.91 Å². The summed E-state index contributed by atoms with van der Waals surface area (Å²) in [6, 6.07) is 7.63. The number of carbonyl (C=O) groups excluding carboxylic acids is 1. The van der Waals surface area contributed by atoms with Gasteiger partial charge in [0, 0.05) is 13.1 Å². The predicted octanol–water partition coefficient (Wildman–Crippen LogP) is 1.58. The molecule has 0 aliphatic carbocycles. The highest BCUT2D eigenvalue weighted by molar-refractivity contribution is 5.80. The number of carbonyl (C=O) groups is 1. The summed E-state index contributed by atoms with van der Waals surface area (Å²) in [6.07, 6.45) is 2.46. The van der Waals surface area contributed by atoms with E-state index in [2.05, 4.69) is 6.92 Å². The molecule has 2 rings (SSSR count). The number of amides is 1. The zero-order valence-electron chi connectivity index (χ0n) is 11.7. The molecular weight excluding hydrogens is 240 g/mol. The van der Waals surface area contributed by atoms with Crippen LogP contribution in [0.3, 0.4) is 0 Å². The first-order chi connectivity index (χ1) is 9.06. The molecule has 1 saturated heterocycles. The lowest BCUT2D eigenvalue weighted by atomic mass is 9.86. The maximum atomic E-state index is 12.1. The van der Waals surface area contributed by atoms with E-state index in [1.807, 2.05) is 29.2 Å². The number of likely N-dealkylation sites (tertiary alicyclic amines) is 1. The molecule has 0 atom stereocenters. The van der Waals surface area contributed by atoms with Gasteiger partial charge in [-0.1, -0.05) is 25.5 Å². The lowest BCUT2D eigenvalue weighted by molar-refractivity contribution is -0.138. The number of benzene rings is 1. The van der Waals surface area contributed by atoms with Gasteiger partial charge < -0.3 is 15.4 Å². The van der Waals surface area contributed by atoms with Crippen molar-refractivity contribution in [2.45, 2.75) is 31.7 Å². The molecule has 4 nitrogen and oxygen atoms in total. The molecule has 0 spiro atoms. The highest BCUT2D eigenvalue weighted by atomic mass is 16.5. The van der Waals surface area contributed by atoms with Crippen LogP contribution in [0.1, 0.15) is 25.3 Å². The van der Waals surface area contributed by atoms with Crippen molar-refractivity contribution in [3.05, 3.63) is 29.8 Å². The molecule has 0 unspecified atom stereocenters. The molecule has 1 amide bonds. The zero-order chi connectivity index (χ0) is 13.9. The summed E-state index contributed by atoms with van der Waals surface area (Å²) in [5, 5.41) is 0. The smallest absolute Gasteiger partial charge is 0.227 e. The Labute approximate surface area is 114 Å². The summed E-state index contributed by atoms with van der Waals surface area (Å²) in [6.45, 7) is 3.49. The van der Waals surface area contributed by atoms with E-state index < -0.39 is 0 Å². The van der Waals surface area contributed by atoms with Crippen molar-refractivity contribution < 1.29 is 9.53 Å². The second kappa shape index (κ2) is 5.61. The van der Waals surface area contributed by atoms with E-state index in [0.717, 1.165) is 24.2 Å². The minimum Gasteiger partial charge on any atom is -0.497 e. The third-order valence-corrected chi connectivity index (χ3v) is 3.60. The van der Waals surface area contributed by atoms with Gasteiger partial charge in [0.15, 0.2) is 0 Å². The predicted molar refractivity (Wildman–Crippen MR) is 75.1 cm³/mol. The number of rotatable bonds is 5. The van der Waals surface area contributed by atoms with Crippen LogP contribution in [0, 0.1) is 0 Å². The summed E-state index contributed by atoms with van der Waals surface area (Å²) in [4.78, 5) is 14.0. The Morgan fingerprint density at radius 1 is 1.47 bits per heavy atom. The van der Waals surface area contributed by atoms with E-state index in [4.69, 9.17) is 10.5 Å². The Bertz CT molecular complexity index is 453. The summed E-state index contributed by atoms with van der Waals surface area (Å²) in [5.41, 5.74) is 6.99. The number of methoxy groups -OCH3 is 1. The van der Waals surface area contributed by atoms with Crippen LogP contribution in [0.15, 0.2) is 24.3 Å². The average molecular weight is 262 g/mol. The molecule has 19 heavy (non-hydrogen) atoms. The van der Waals surface area contributed by atoms with Crippen molar-refractivity contribution in [2.24, 2.45) is 5.73 Å². The van der Waals surface area contributed by atoms with Crippen LogP contribution in [0.5, 0.6) is 5.75 Å². The topological polar surface area (TPSA) is 55.6 Å². The number of hydrogen-bond acceptors (Lipinski definition) is 3. The van der Waals surface area contributed by atoms with Crippen molar-refractivity contribution in [1.29, 1.82) is 0 Å². The molecule has 104 valence electrons. The number of nitrogens with two attached hydrogens (primary N) is 1. The number of nitrogens with zero attached hydrogens (tertiary/aromatic N) is 1. The van der Waals surface area contributed by atoms with E-state index in [9.17, 15) is 4.79 Å². The molecule has 0 saturated carbocycles. The van der Waals surface area contributed by atoms with E-state index in [1.165, 1.54) is 0 Å². The van der Waals surface area contributed by atoms with Gasteiger partial charge in [-0.2, -0.15) is 0 Å². The first-order valence-electron chi connectivity index (χ1n) is 6.76. The molecule has 0 radical (unpaired) electrons. The van der Waals surface area contributed by atoms with Gasteiger partial charge in [-0.15, -0.1) is 0 Å². The molecular formula is C15H22N2O2. The monoisotopic (exact) mass is 262 g/mol. The first kappa shape index (κ1) is 13.9. The minimum atomic E-state index is -0.154. The van der Waals surface area contributed by atoms with E-state index in [-0.39, 0.29) is 11.4 Å². The molecule has 1 aliphatic heterocycles. The van der Waals surface area contributed by atoms with Crippen molar-refractivity contribution in [2.75, 3.05) is 20.2 Å². The van der Waals surface area contributed by atoms with Gasteiger partial charge in [-0.25, -0.2) is 0 Å². The maximum Gasteiger partial charge on any atom is 0.227 e. The molecule has 1 aromatic rings. The Morgan fingerprint density at radius 3 is 2.84 bits per heavy atom. The third-order valence-electron chi connectivity index (χ3n) is 3.60. The van der Waals surface area contributed by atoms with Gasteiger partial charge in [0.25, 0.3) is 0 Å². The molecule has 1 fully saturated rings. The van der Waals surface area contributed by atoms with Gasteiger partial charge in [0.05, 0.1) is 19.1 Å². The van der Waals surface area contributed by atoms with E-state index in [0.29, 0.717) is 19.5 Å². The molecule has 4 heteroatoms. The second-order valence-electron chi connectivity index (χ2n) is 5.39. The summed E-state index contributed by atoms with van der Waals surface area (Å²) in [5.74, 6) is 0.929. The molecule has 1 heterocycles. The third kappa shape index (κ3) is 3.26. The van der Waals surface area contributed by atoms with Gasteiger partial charge in [-0.3, -0.25) is 4.79 Å². The zero-order valence-corrected chi connectivity index (χ0v) is 11.7. The molecule has 0 aromatic heterocycles. The maximum absolute atomic E-state index is 12.1. The summed E-state index contributed by atoms with van der Waals surface area (Å²) < 4.78 is 5.16. The Morgan fingerprint density at radius 2 is 2.21 bits per heavy atom. The van der Waals surface area contributed by atoms with Crippen LogP contribution in [-0.4, -0.2) is 36.5 Å². The highest BCUT2D eigenvalue weighted by Crippen LogP contribution is 2.24. The van der Waals surface area contributed by atoms with Crippen LogP contribution in [-0.2, 0) is 11.2 Å². The van der Waals surface area contributed by atoms with E-state index in [1.54, 1.807) is 7.11 Å². The van der Waals surface area contributed by atoms with Crippen molar-refractivity contribution in [1.82, 2.24) is 4.90 Å². The normalized spacial score (nSPS) is 16.9. The Balaban J connectivity index is 1.89. The van der Waals surface area contributed by atoms with Gasteiger partial charge in [-0.05, 0) is 24.1 Å². The van der Waals surface area contributed by atoms with Crippen LogP contribution in [0.25, 0.3) is 0 Å². The quantitative estimate of drug-likeness (QED) is 0.876. The SMILES string of the molecule is CCCC1(N)CN(C(=O)Cc2cccc(OC)c2)C1. The van der Waals surface area contributed by atoms with Crippen LogP contribution in [0.2, 0.25) is 0 Å². The summed E-state index contributed by atoms with van der Waals surface area (Å²) >= 11 is 0. The fourth-order valence-corrected chi connectivity index (χ4v) is 2.62. The minimum absolute atomic E-state index is 0.144. The van der Waals surface area contributed by atoms with Crippen LogP contribution in [0.4, 0.5) is 0 Å². The van der Waals surface area contributed by atoms with Crippen molar-refractivity contribution in [3.8, 4) is 5.75 Å². The van der Waals surface area contributed by atoms with E-state index >= 15 is 0 Å². The van der Waals surface area contributed by atoms with Gasteiger partial charge in [0.1, 0.15) is 5.75 Å². The highest BCUT2D eigenvalue weighted by Gasteiger charge is 2.40. The first-order valence-corrected chi connectivity index (χ1v) is 6.76. The van der Waals surface area contributed by atoms with Gasteiger partial charge >= 0.3 is 0 Å². The lowest BCUT2D eigenvalue weighted by Gasteiger charge is -2.48. The second-order valence-corrected chi connectivity index (χ2v) is 5.39. The van der Waals surface area contributed by atoms with Gasteiger partial charge in [0.2, 0.25) is 5.91 Å². The fourth-order valence-electron chi connectivity index (χ4n) is 2.62. The number of hydrogen-bond donors (Lipinski definition) is 1.